The molecular weight excluding hydrogens is 501 g/mol. The highest BCUT2D eigenvalue weighted by molar-refractivity contribution is 5.91. The van der Waals surface area contributed by atoms with Gasteiger partial charge in [-0.1, -0.05) is 6.92 Å². The van der Waals surface area contributed by atoms with Crippen LogP contribution >= 0.6 is 0 Å². The summed E-state index contributed by atoms with van der Waals surface area (Å²) in [7, 11) is 1.98. The fraction of sp³-hybridized carbons (Fsp3) is 0.519. The van der Waals surface area contributed by atoms with Gasteiger partial charge in [0.1, 0.15) is 11.9 Å². The number of hydrogen-bond acceptors (Lipinski definition) is 6. The van der Waals surface area contributed by atoms with Gasteiger partial charge in [0.15, 0.2) is 0 Å². The van der Waals surface area contributed by atoms with E-state index in [0.717, 1.165) is 5.56 Å². The molecule has 0 spiro atoms. The SMILES string of the molecule is C[C@@H]1CN([C@@H](C)CO)C(=O)Cc2cc(NC(=O)CCC(F)(F)F)ccc2O[C@H]1CN(C)Cc1ccncc1. The van der Waals surface area contributed by atoms with E-state index < -0.39 is 31.0 Å². The molecule has 0 bridgehead atoms. The summed E-state index contributed by atoms with van der Waals surface area (Å²) < 4.78 is 43.9. The highest BCUT2D eigenvalue weighted by atomic mass is 19.4. The van der Waals surface area contributed by atoms with Crippen molar-refractivity contribution in [2.24, 2.45) is 5.92 Å². The smallest absolute Gasteiger partial charge is 0.389 e. The largest absolute Gasteiger partial charge is 0.488 e. The molecule has 0 unspecified atom stereocenters. The number of carbonyl (C=O) groups excluding carboxylic acids is 2. The molecule has 2 amide bonds. The van der Waals surface area contributed by atoms with E-state index in [1.54, 1.807) is 42.4 Å². The predicted octanol–water partition coefficient (Wildman–Crippen LogP) is 3.64. The molecule has 0 saturated heterocycles. The van der Waals surface area contributed by atoms with Gasteiger partial charge in [-0.05, 0) is 49.9 Å². The number of rotatable bonds is 9. The summed E-state index contributed by atoms with van der Waals surface area (Å²) in [6.45, 7) is 5.16. The van der Waals surface area contributed by atoms with E-state index in [9.17, 15) is 27.9 Å². The van der Waals surface area contributed by atoms with Crippen molar-refractivity contribution in [3.8, 4) is 5.75 Å². The van der Waals surface area contributed by atoms with Crippen molar-refractivity contribution in [1.29, 1.82) is 0 Å². The normalized spacial score (nSPS) is 19.2. The first kappa shape index (κ1) is 29.4. The van der Waals surface area contributed by atoms with Crippen molar-refractivity contribution in [3.05, 3.63) is 53.9 Å². The Bertz CT molecular complexity index is 1080. The molecule has 3 atom stereocenters. The number of fused-ring (bicyclic) bond motifs is 1. The maximum Gasteiger partial charge on any atom is 0.389 e. The minimum Gasteiger partial charge on any atom is -0.488 e. The quantitative estimate of drug-likeness (QED) is 0.508. The van der Waals surface area contributed by atoms with Gasteiger partial charge in [0.25, 0.3) is 0 Å². The minimum atomic E-state index is -4.43. The van der Waals surface area contributed by atoms with Crippen molar-refractivity contribution in [3.63, 3.8) is 0 Å². The summed E-state index contributed by atoms with van der Waals surface area (Å²) in [5, 5.41) is 12.3. The third kappa shape index (κ3) is 8.70. The number of pyridine rings is 1. The van der Waals surface area contributed by atoms with Crippen LogP contribution in [-0.4, -0.2) is 76.8 Å². The van der Waals surface area contributed by atoms with E-state index in [-0.39, 0.29) is 36.6 Å². The number of benzene rings is 1. The average molecular weight is 537 g/mol. The average Bonchev–Trinajstić information content (AvgIpc) is 2.90. The van der Waals surface area contributed by atoms with E-state index in [4.69, 9.17) is 4.74 Å². The summed E-state index contributed by atoms with van der Waals surface area (Å²) in [6.07, 6.45) is -3.22. The lowest BCUT2D eigenvalue weighted by Crippen LogP contribution is -2.47. The van der Waals surface area contributed by atoms with Crippen molar-refractivity contribution in [1.82, 2.24) is 14.8 Å². The summed E-state index contributed by atoms with van der Waals surface area (Å²) in [6, 6.07) is 8.22. The number of aliphatic hydroxyl groups excluding tert-OH is 1. The van der Waals surface area contributed by atoms with Crippen molar-refractivity contribution in [2.75, 3.05) is 32.1 Å². The van der Waals surface area contributed by atoms with Crippen LogP contribution in [0.3, 0.4) is 0 Å². The second-order valence-corrected chi connectivity index (χ2v) is 9.93. The third-order valence-electron chi connectivity index (χ3n) is 6.53. The Morgan fingerprint density at radius 2 is 2.00 bits per heavy atom. The van der Waals surface area contributed by atoms with E-state index in [0.29, 0.717) is 30.9 Å². The second kappa shape index (κ2) is 13.1. The Labute approximate surface area is 220 Å². The fourth-order valence-corrected chi connectivity index (χ4v) is 4.38. The monoisotopic (exact) mass is 536 g/mol. The number of nitrogens with one attached hydrogen (secondary N) is 1. The number of hydrogen-bond donors (Lipinski definition) is 2. The molecule has 1 aliphatic rings. The summed E-state index contributed by atoms with van der Waals surface area (Å²) >= 11 is 0. The van der Waals surface area contributed by atoms with Gasteiger partial charge in [-0.15, -0.1) is 0 Å². The Balaban J connectivity index is 1.84. The third-order valence-corrected chi connectivity index (χ3v) is 6.53. The van der Waals surface area contributed by atoms with Gasteiger partial charge in [0, 0.05) is 55.6 Å². The zero-order valence-corrected chi connectivity index (χ0v) is 21.9. The van der Waals surface area contributed by atoms with Gasteiger partial charge in [-0.3, -0.25) is 19.5 Å². The Morgan fingerprint density at radius 3 is 2.66 bits per heavy atom. The van der Waals surface area contributed by atoms with E-state index in [2.05, 4.69) is 15.2 Å². The Hall–Kier alpha value is -3.18. The maximum atomic E-state index is 13.3. The molecule has 11 heteroatoms. The lowest BCUT2D eigenvalue weighted by molar-refractivity contribution is -0.142. The second-order valence-electron chi connectivity index (χ2n) is 9.93. The van der Waals surface area contributed by atoms with Crippen LogP contribution in [0.5, 0.6) is 5.75 Å². The first-order valence-corrected chi connectivity index (χ1v) is 12.6. The van der Waals surface area contributed by atoms with E-state index in [1.165, 1.54) is 0 Å². The van der Waals surface area contributed by atoms with Crippen LogP contribution in [0.2, 0.25) is 0 Å². The molecule has 1 aromatic heterocycles. The number of aromatic nitrogens is 1. The molecule has 1 aromatic carbocycles. The first-order valence-electron chi connectivity index (χ1n) is 12.6. The number of carbonyl (C=O) groups is 2. The van der Waals surface area contributed by atoms with E-state index in [1.807, 2.05) is 26.1 Å². The first-order chi connectivity index (χ1) is 17.9. The number of anilines is 1. The maximum absolute atomic E-state index is 13.3. The molecule has 2 aromatic rings. The highest BCUT2D eigenvalue weighted by Gasteiger charge is 2.31. The van der Waals surface area contributed by atoms with Crippen molar-refractivity contribution < 1.29 is 32.6 Å². The van der Waals surface area contributed by atoms with Crippen molar-refractivity contribution in [2.45, 2.75) is 58.0 Å². The fourth-order valence-electron chi connectivity index (χ4n) is 4.38. The van der Waals surface area contributed by atoms with Gasteiger partial charge >= 0.3 is 6.18 Å². The lowest BCUT2D eigenvalue weighted by Gasteiger charge is -2.34. The van der Waals surface area contributed by atoms with Crippen LogP contribution in [0.4, 0.5) is 18.9 Å². The molecule has 0 aliphatic carbocycles. The van der Waals surface area contributed by atoms with Crippen molar-refractivity contribution >= 4 is 17.5 Å². The standard InChI is InChI=1S/C27H35F3N4O4/c1-18-14-34(19(2)17-35)26(37)13-21-12-22(32-25(36)6-9-27(28,29)30)4-5-23(21)38-24(18)16-33(3)15-20-7-10-31-11-8-20/h4-5,7-8,10-12,18-19,24,35H,6,9,13-17H2,1-3H3,(H,32,36)/t18-,19+,24+/m1/s1. The number of amides is 2. The van der Waals surface area contributed by atoms with Crippen LogP contribution in [0.1, 0.15) is 37.8 Å². The molecule has 0 radical (unpaired) electrons. The van der Waals surface area contributed by atoms with Gasteiger partial charge in [0.05, 0.1) is 25.5 Å². The van der Waals surface area contributed by atoms with Gasteiger partial charge in [0.2, 0.25) is 11.8 Å². The number of halogens is 3. The number of aliphatic hydroxyl groups is 1. The summed E-state index contributed by atoms with van der Waals surface area (Å²) in [5.41, 5.74) is 1.89. The Morgan fingerprint density at radius 1 is 1.29 bits per heavy atom. The van der Waals surface area contributed by atoms with Crippen LogP contribution in [0.15, 0.2) is 42.7 Å². The zero-order chi connectivity index (χ0) is 27.9. The number of ether oxygens (including phenoxy) is 1. The molecule has 0 saturated carbocycles. The molecular formula is C27H35F3N4O4. The van der Waals surface area contributed by atoms with Crippen LogP contribution in [0.25, 0.3) is 0 Å². The zero-order valence-electron chi connectivity index (χ0n) is 21.9. The molecule has 3 rings (SSSR count). The van der Waals surface area contributed by atoms with Gasteiger partial charge in [-0.2, -0.15) is 13.2 Å². The minimum absolute atomic E-state index is 0.0434. The van der Waals surface area contributed by atoms with Gasteiger partial charge < -0.3 is 20.1 Å². The molecule has 208 valence electrons. The highest BCUT2D eigenvalue weighted by Crippen LogP contribution is 2.30. The molecule has 8 nitrogen and oxygen atoms in total. The molecule has 0 fully saturated rings. The predicted molar refractivity (Wildman–Crippen MR) is 136 cm³/mol. The Kier molecular flexibility index (Phi) is 10.1. The summed E-state index contributed by atoms with van der Waals surface area (Å²) in [4.78, 5) is 33.1. The van der Waals surface area contributed by atoms with Gasteiger partial charge in [-0.25, -0.2) is 0 Å². The number of nitrogens with zero attached hydrogens (tertiary/aromatic N) is 3. The van der Waals surface area contributed by atoms with E-state index >= 15 is 0 Å². The molecule has 2 N–H and O–H groups in total. The topological polar surface area (TPSA) is 95.0 Å². The number of likely N-dealkylation sites (N-methyl/N-ethyl adjacent to an activating group) is 1. The summed E-state index contributed by atoms with van der Waals surface area (Å²) in [5.74, 6) is -0.591. The molecule has 38 heavy (non-hydrogen) atoms. The van der Waals surface area contributed by atoms with Crippen LogP contribution in [0, 0.1) is 5.92 Å². The number of alkyl halides is 3. The molecule has 2 heterocycles. The van der Waals surface area contributed by atoms with Crippen LogP contribution in [-0.2, 0) is 22.6 Å². The van der Waals surface area contributed by atoms with Crippen LogP contribution < -0.4 is 10.1 Å². The molecule has 1 aliphatic heterocycles. The lowest BCUT2D eigenvalue weighted by atomic mass is 10.0.